The van der Waals surface area contributed by atoms with Crippen LogP contribution in [-0.2, 0) is 0 Å². The number of halogens is 1. The van der Waals surface area contributed by atoms with Crippen LogP contribution >= 0.6 is 0 Å². The molecule has 11 heteroatoms. The Bertz CT molecular complexity index is 1350. The molecule has 5 rings (SSSR count). The number of H-pyrrole nitrogens is 1. The van der Waals surface area contributed by atoms with Crippen molar-refractivity contribution in [2.24, 2.45) is 0 Å². The minimum absolute atomic E-state index is 0.159. The molecule has 0 radical (unpaired) electrons. The van der Waals surface area contributed by atoms with E-state index in [1.165, 1.54) is 30.5 Å². The van der Waals surface area contributed by atoms with Crippen molar-refractivity contribution >= 4 is 22.9 Å². The van der Waals surface area contributed by atoms with Crippen LogP contribution in [0.25, 0.3) is 16.7 Å². The molecular formula is C20H17FN8O2. The Kier molecular flexibility index (Phi) is 4.62. The number of piperazine rings is 1. The average Bonchev–Trinajstić information content (AvgIpc) is 2.80. The van der Waals surface area contributed by atoms with Gasteiger partial charge in [0.2, 0.25) is 11.9 Å². The second kappa shape index (κ2) is 7.59. The van der Waals surface area contributed by atoms with Crippen molar-refractivity contribution < 1.29 is 4.39 Å². The zero-order valence-corrected chi connectivity index (χ0v) is 16.3. The molecule has 0 unspecified atom stereocenters. The molecule has 0 aliphatic carbocycles. The first kappa shape index (κ1) is 18.9. The van der Waals surface area contributed by atoms with E-state index in [4.69, 9.17) is 0 Å². The second-order valence-electron chi connectivity index (χ2n) is 7.00. The van der Waals surface area contributed by atoms with E-state index in [9.17, 15) is 14.0 Å². The normalized spacial score (nSPS) is 14.2. The number of nitrogens with zero attached hydrogens (tertiary/aromatic N) is 7. The SMILES string of the molecule is O=c1[nH]c2nc(N3CCN(c4ncccn4)CC3)ncc2c(=O)n1-c1ccc(F)cc1. The van der Waals surface area contributed by atoms with Crippen LogP contribution in [-0.4, -0.2) is 55.7 Å². The van der Waals surface area contributed by atoms with E-state index >= 15 is 0 Å². The Morgan fingerprint density at radius 2 is 1.52 bits per heavy atom. The van der Waals surface area contributed by atoms with Gasteiger partial charge in [0.25, 0.3) is 5.56 Å². The van der Waals surface area contributed by atoms with Crippen molar-refractivity contribution in [3.63, 3.8) is 0 Å². The Morgan fingerprint density at radius 3 is 2.19 bits per heavy atom. The van der Waals surface area contributed by atoms with Crippen LogP contribution in [0.5, 0.6) is 0 Å². The largest absolute Gasteiger partial charge is 0.337 e. The summed E-state index contributed by atoms with van der Waals surface area (Å²) in [6.45, 7) is 2.66. The van der Waals surface area contributed by atoms with Gasteiger partial charge >= 0.3 is 5.69 Å². The zero-order chi connectivity index (χ0) is 21.4. The number of hydrogen-bond acceptors (Lipinski definition) is 8. The van der Waals surface area contributed by atoms with Crippen molar-refractivity contribution in [3.8, 4) is 5.69 Å². The number of benzene rings is 1. The van der Waals surface area contributed by atoms with Crippen molar-refractivity contribution in [1.29, 1.82) is 0 Å². The lowest BCUT2D eigenvalue weighted by Gasteiger charge is -2.34. The molecule has 1 saturated heterocycles. The van der Waals surface area contributed by atoms with Crippen LogP contribution < -0.4 is 21.0 Å². The zero-order valence-electron chi connectivity index (χ0n) is 16.3. The molecule has 31 heavy (non-hydrogen) atoms. The molecule has 0 atom stereocenters. The van der Waals surface area contributed by atoms with Gasteiger partial charge in [-0.25, -0.2) is 28.7 Å². The summed E-state index contributed by atoms with van der Waals surface area (Å²) in [5, 5.41) is 0.170. The maximum atomic E-state index is 13.2. The fourth-order valence-corrected chi connectivity index (χ4v) is 3.53. The van der Waals surface area contributed by atoms with Gasteiger partial charge in [0.05, 0.1) is 5.69 Å². The monoisotopic (exact) mass is 420 g/mol. The first-order valence-electron chi connectivity index (χ1n) is 9.65. The molecule has 1 aliphatic heterocycles. The highest BCUT2D eigenvalue weighted by atomic mass is 19.1. The van der Waals surface area contributed by atoms with E-state index in [1.54, 1.807) is 18.5 Å². The van der Waals surface area contributed by atoms with Crippen LogP contribution in [0.15, 0.2) is 58.5 Å². The van der Waals surface area contributed by atoms with Gasteiger partial charge in [-0.1, -0.05) is 0 Å². The minimum atomic E-state index is -0.653. The van der Waals surface area contributed by atoms with E-state index in [-0.39, 0.29) is 16.7 Å². The summed E-state index contributed by atoms with van der Waals surface area (Å²) in [6, 6.07) is 6.87. The summed E-state index contributed by atoms with van der Waals surface area (Å²) in [5.74, 6) is 0.642. The number of fused-ring (bicyclic) bond motifs is 1. The highest BCUT2D eigenvalue weighted by molar-refractivity contribution is 5.73. The quantitative estimate of drug-likeness (QED) is 0.516. The van der Waals surface area contributed by atoms with Crippen molar-refractivity contribution in [1.82, 2.24) is 29.5 Å². The van der Waals surface area contributed by atoms with Crippen molar-refractivity contribution in [3.05, 3.63) is 75.6 Å². The van der Waals surface area contributed by atoms with E-state index in [0.29, 0.717) is 38.1 Å². The highest BCUT2D eigenvalue weighted by Crippen LogP contribution is 2.16. The molecule has 10 nitrogen and oxygen atoms in total. The van der Waals surface area contributed by atoms with Gasteiger partial charge in [-0.3, -0.25) is 9.78 Å². The maximum absolute atomic E-state index is 13.2. The molecule has 156 valence electrons. The smallest absolute Gasteiger partial charge is 0.334 e. The fraction of sp³-hybridized carbons (Fsp3) is 0.200. The third kappa shape index (κ3) is 3.50. The van der Waals surface area contributed by atoms with Gasteiger partial charge < -0.3 is 9.80 Å². The first-order chi connectivity index (χ1) is 15.1. The molecule has 1 aliphatic rings. The van der Waals surface area contributed by atoms with Crippen LogP contribution in [0.3, 0.4) is 0 Å². The number of anilines is 2. The molecule has 0 saturated carbocycles. The van der Waals surface area contributed by atoms with Crippen molar-refractivity contribution in [2.45, 2.75) is 0 Å². The van der Waals surface area contributed by atoms with Crippen LogP contribution in [0.1, 0.15) is 0 Å². The summed E-state index contributed by atoms with van der Waals surface area (Å²) < 4.78 is 14.1. The summed E-state index contributed by atoms with van der Waals surface area (Å²) in [4.78, 5) is 49.4. The number of rotatable bonds is 3. The summed E-state index contributed by atoms with van der Waals surface area (Å²) in [6.07, 6.45) is 4.81. The Balaban J connectivity index is 1.43. The Hall–Kier alpha value is -4.15. The van der Waals surface area contributed by atoms with E-state index in [0.717, 1.165) is 4.57 Å². The lowest BCUT2D eigenvalue weighted by Crippen LogP contribution is -2.47. The maximum Gasteiger partial charge on any atom is 0.334 e. The third-order valence-electron chi connectivity index (χ3n) is 5.12. The number of nitrogens with one attached hydrogen (secondary N) is 1. The predicted octanol–water partition coefficient (Wildman–Crippen LogP) is 0.725. The lowest BCUT2D eigenvalue weighted by atomic mass is 10.3. The van der Waals surface area contributed by atoms with Gasteiger partial charge in [-0.15, -0.1) is 0 Å². The predicted molar refractivity (Wildman–Crippen MR) is 112 cm³/mol. The summed E-state index contributed by atoms with van der Waals surface area (Å²) in [7, 11) is 0. The number of hydrogen-bond donors (Lipinski definition) is 1. The van der Waals surface area contributed by atoms with E-state index in [2.05, 4.69) is 29.8 Å². The molecule has 0 spiro atoms. The highest BCUT2D eigenvalue weighted by Gasteiger charge is 2.21. The lowest BCUT2D eigenvalue weighted by molar-refractivity contribution is 0.627. The van der Waals surface area contributed by atoms with Gasteiger partial charge in [0, 0.05) is 44.8 Å². The average molecular weight is 420 g/mol. The van der Waals surface area contributed by atoms with Crippen LogP contribution in [0.4, 0.5) is 16.3 Å². The van der Waals surface area contributed by atoms with Gasteiger partial charge in [0.1, 0.15) is 11.2 Å². The molecule has 0 amide bonds. The molecule has 4 aromatic rings. The minimum Gasteiger partial charge on any atom is -0.337 e. The Labute approximate surface area is 174 Å². The molecule has 1 N–H and O–H groups in total. The van der Waals surface area contributed by atoms with Gasteiger partial charge in [-0.2, -0.15) is 4.98 Å². The van der Waals surface area contributed by atoms with Gasteiger partial charge in [-0.05, 0) is 30.3 Å². The van der Waals surface area contributed by atoms with Crippen LogP contribution in [0.2, 0.25) is 0 Å². The van der Waals surface area contributed by atoms with Crippen LogP contribution in [0, 0.1) is 5.82 Å². The standard InChI is InChI=1S/C20H17FN8O2/c21-13-2-4-14(5-3-13)29-17(30)15-12-24-19(25-16(15)26-20(29)31)28-10-8-27(9-11-28)18-22-6-1-7-23-18/h1-7,12H,8-11H2,(H,24,25,26,31). The molecule has 0 bridgehead atoms. The molecule has 1 fully saturated rings. The van der Waals surface area contributed by atoms with Gasteiger partial charge in [0.15, 0.2) is 5.65 Å². The third-order valence-corrected chi connectivity index (χ3v) is 5.12. The van der Waals surface area contributed by atoms with E-state index in [1.807, 2.05) is 4.90 Å². The fourth-order valence-electron chi connectivity index (χ4n) is 3.53. The summed E-state index contributed by atoms with van der Waals surface area (Å²) >= 11 is 0. The van der Waals surface area contributed by atoms with E-state index < -0.39 is 17.1 Å². The molecule has 3 aromatic heterocycles. The first-order valence-corrected chi connectivity index (χ1v) is 9.65. The van der Waals surface area contributed by atoms with Crippen molar-refractivity contribution in [2.75, 3.05) is 36.0 Å². The molecule has 4 heterocycles. The molecular weight excluding hydrogens is 403 g/mol. The number of aromatic amines is 1. The topological polar surface area (TPSA) is 113 Å². The number of aromatic nitrogens is 6. The second-order valence-corrected chi connectivity index (χ2v) is 7.00. The summed E-state index contributed by atoms with van der Waals surface area (Å²) in [5.41, 5.74) is -0.798. The molecule has 1 aromatic carbocycles. The Morgan fingerprint density at radius 1 is 0.871 bits per heavy atom.